The zero-order valence-corrected chi connectivity index (χ0v) is 15.3. The van der Waals surface area contributed by atoms with E-state index in [1.807, 2.05) is 24.3 Å². The molecule has 0 heterocycles. The Labute approximate surface area is 162 Å². The molecule has 0 aliphatic rings. The van der Waals surface area contributed by atoms with Gasteiger partial charge in [0, 0.05) is 47.8 Å². The third-order valence-electron chi connectivity index (χ3n) is 4.64. The second kappa shape index (κ2) is 10.7. The van der Waals surface area contributed by atoms with Crippen LogP contribution in [0.5, 0.6) is 0 Å². The van der Waals surface area contributed by atoms with Crippen molar-refractivity contribution < 1.29 is 4.79 Å². The van der Waals surface area contributed by atoms with Gasteiger partial charge in [0.05, 0.1) is 0 Å². The summed E-state index contributed by atoms with van der Waals surface area (Å²) in [6.45, 7) is 0.390. The summed E-state index contributed by atoms with van der Waals surface area (Å²) < 4.78 is 0. The lowest BCUT2D eigenvalue weighted by atomic mass is 9.80. The number of ketones is 1. The second-order valence-corrected chi connectivity index (χ2v) is 6.14. The first-order valence-electron chi connectivity index (χ1n) is 8.79. The van der Waals surface area contributed by atoms with Crippen molar-refractivity contribution in [3.8, 4) is 0 Å². The Morgan fingerprint density at radius 1 is 0.821 bits per heavy atom. The minimum Gasteiger partial charge on any atom is -0.326 e. The van der Waals surface area contributed by atoms with Gasteiger partial charge in [-0.2, -0.15) is 0 Å². The summed E-state index contributed by atoms with van der Waals surface area (Å²) in [6, 6.07) is 14.6. The molecule has 0 saturated heterocycles. The highest BCUT2D eigenvalue weighted by molar-refractivity contribution is 5.93. The van der Waals surface area contributed by atoms with Crippen molar-refractivity contribution in [1.29, 1.82) is 0 Å². The Bertz CT molecular complexity index is 842. The monoisotopic (exact) mass is 378 g/mol. The molecule has 0 saturated carbocycles. The van der Waals surface area contributed by atoms with Gasteiger partial charge in [-0.15, -0.1) is 0 Å². The molecule has 2 aromatic rings. The van der Waals surface area contributed by atoms with E-state index in [1.54, 1.807) is 24.3 Å². The van der Waals surface area contributed by atoms with Crippen molar-refractivity contribution in [2.24, 2.45) is 21.7 Å². The Balaban J connectivity index is 2.56. The van der Waals surface area contributed by atoms with Crippen LogP contribution in [0, 0.1) is 0 Å². The van der Waals surface area contributed by atoms with Crippen molar-refractivity contribution in [1.82, 2.24) is 0 Å². The number of hydrogen-bond donors (Lipinski definition) is 2. The molecule has 0 bridgehead atoms. The van der Waals surface area contributed by atoms with Crippen LogP contribution in [-0.2, 0) is 17.9 Å². The number of Topliss-reactive ketones (excluding diaryl/α,β-unsaturated/α-hetero) is 1. The van der Waals surface area contributed by atoms with Crippen molar-refractivity contribution in [2.45, 2.75) is 24.9 Å². The molecule has 28 heavy (non-hydrogen) atoms. The van der Waals surface area contributed by atoms with Crippen molar-refractivity contribution in [3.05, 3.63) is 91.7 Å². The van der Waals surface area contributed by atoms with Gasteiger partial charge < -0.3 is 11.5 Å². The van der Waals surface area contributed by atoms with Crippen LogP contribution in [0.25, 0.3) is 20.9 Å². The maximum atomic E-state index is 13.5. The first-order valence-corrected chi connectivity index (χ1v) is 8.79. The first kappa shape index (κ1) is 21.0. The van der Waals surface area contributed by atoms with Gasteiger partial charge in [-0.05, 0) is 33.3 Å². The molecule has 9 heteroatoms. The van der Waals surface area contributed by atoms with Crippen molar-refractivity contribution in [3.63, 3.8) is 0 Å². The smallest absolute Gasteiger partial charge is 0.148 e. The summed E-state index contributed by atoms with van der Waals surface area (Å²) >= 11 is 0. The minimum atomic E-state index is -0.708. The number of carbonyl (C=O) groups is 1. The number of hydrogen-bond acceptors (Lipinski definition) is 5. The van der Waals surface area contributed by atoms with Gasteiger partial charge in [0.15, 0.2) is 0 Å². The van der Waals surface area contributed by atoms with E-state index >= 15 is 0 Å². The van der Waals surface area contributed by atoms with E-state index in [9.17, 15) is 4.79 Å². The molecule has 0 aromatic heterocycles. The molecule has 2 unspecified atom stereocenters. The van der Waals surface area contributed by atoms with Crippen LogP contribution in [-0.4, -0.2) is 18.9 Å². The van der Waals surface area contributed by atoms with Gasteiger partial charge >= 0.3 is 0 Å². The summed E-state index contributed by atoms with van der Waals surface area (Å²) in [5.41, 5.74) is 32.2. The van der Waals surface area contributed by atoms with E-state index in [0.29, 0.717) is 11.1 Å². The van der Waals surface area contributed by atoms with Crippen LogP contribution in [0.1, 0.15) is 34.1 Å². The lowest BCUT2D eigenvalue weighted by molar-refractivity contribution is -0.121. The molecule has 9 nitrogen and oxygen atoms in total. The van der Waals surface area contributed by atoms with Gasteiger partial charge in [-0.25, -0.2) is 0 Å². The van der Waals surface area contributed by atoms with E-state index in [2.05, 4.69) is 20.1 Å². The maximum absolute atomic E-state index is 13.5. The number of nitrogens with two attached hydrogens (primary N) is 2. The number of benzene rings is 2. The number of carbonyl (C=O) groups excluding carboxylic acids is 1. The van der Waals surface area contributed by atoms with Crippen LogP contribution in [0.3, 0.4) is 0 Å². The first-order chi connectivity index (χ1) is 13.7. The third kappa shape index (κ3) is 4.88. The highest BCUT2D eigenvalue weighted by atomic mass is 16.1. The molecule has 144 valence electrons. The highest BCUT2D eigenvalue weighted by Crippen LogP contribution is 2.31. The average molecular weight is 378 g/mol. The molecule has 0 radical (unpaired) electrons. The Kier molecular flexibility index (Phi) is 8.02. The number of nitrogens with zero attached hydrogens (tertiary/aromatic N) is 6. The van der Waals surface area contributed by atoms with E-state index in [4.69, 9.17) is 22.5 Å². The van der Waals surface area contributed by atoms with Gasteiger partial charge in [-0.3, -0.25) is 4.79 Å². The maximum Gasteiger partial charge on any atom is 0.148 e. The quantitative estimate of drug-likeness (QED) is 0.366. The lowest BCUT2D eigenvalue weighted by Crippen LogP contribution is -2.27. The topological polar surface area (TPSA) is 167 Å². The summed E-state index contributed by atoms with van der Waals surface area (Å²) in [7, 11) is 0. The van der Waals surface area contributed by atoms with Gasteiger partial charge in [0.1, 0.15) is 5.78 Å². The molecule has 0 aliphatic heterocycles. The van der Waals surface area contributed by atoms with E-state index in [1.165, 1.54) is 0 Å². The molecule has 0 spiro atoms. The summed E-state index contributed by atoms with van der Waals surface area (Å²) in [5, 5.41) is 7.27. The predicted octanol–water partition coefficient (Wildman–Crippen LogP) is 3.66. The van der Waals surface area contributed by atoms with Gasteiger partial charge in [-0.1, -0.05) is 58.8 Å². The van der Waals surface area contributed by atoms with E-state index in [-0.39, 0.29) is 32.0 Å². The normalized spacial score (nSPS) is 12.4. The highest BCUT2D eigenvalue weighted by Gasteiger charge is 2.30. The molecule has 0 aliphatic carbocycles. The molecular weight excluding hydrogens is 356 g/mol. The summed E-state index contributed by atoms with van der Waals surface area (Å²) in [4.78, 5) is 19.2. The largest absolute Gasteiger partial charge is 0.326 e. The fourth-order valence-corrected chi connectivity index (χ4v) is 3.28. The molecule has 0 fully saturated rings. The zero-order chi connectivity index (χ0) is 20.4. The molecule has 2 atom stereocenters. The second-order valence-electron chi connectivity index (χ2n) is 6.14. The molecule has 2 aromatic carbocycles. The molecule has 4 N–H and O–H groups in total. The van der Waals surface area contributed by atoms with Crippen LogP contribution < -0.4 is 11.5 Å². The fraction of sp³-hybridized carbons (Fsp3) is 0.316. The average Bonchev–Trinajstić information content (AvgIpc) is 2.74. The van der Waals surface area contributed by atoms with Crippen LogP contribution in [0.4, 0.5) is 0 Å². The predicted molar refractivity (Wildman–Crippen MR) is 107 cm³/mol. The molecular formula is C19H22N8O. The number of azide groups is 2. The van der Waals surface area contributed by atoms with Crippen LogP contribution >= 0.6 is 0 Å². The van der Waals surface area contributed by atoms with E-state index in [0.717, 1.165) is 11.1 Å². The molecule has 0 amide bonds. The third-order valence-corrected chi connectivity index (χ3v) is 4.64. The fourth-order valence-electron chi connectivity index (χ4n) is 3.28. The van der Waals surface area contributed by atoms with Gasteiger partial charge in [0.25, 0.3) is 0 Å². The SMILES string of the molecule is [N-]=[N+]=NCC(C(=O)C(CN=[N+]=[N-])c1ccccc1CN)c1ccccc1CN. The van der Waals surface area contributed by atoms with Crippen LogP contribution in [0.2, 0.25) is 0 Å². The minimum absolute atomic E-state index is 0.0517. The van der Waals surface area contributed by atoms with E-state index < -0.39 is 11.8 Å². The lowest BCUT2D eigenvalue weighted by Gasteiger charge is -2.24. The Morgan fingerprint density at radius 2 is 1.21 bits per heavy atom. The van der Waals surface area contributed by atoms with Crippen LogP contribution in [0.15, 0.2) is 58.8 Å². The summed E-state index contributed by atoms with van der Waals surface area (Å²) in [6.07, 6.45) is 0. The van der Waals surface area contributed by atoms with Gasteiger partial charge in [0.2, 0.25) is 0 Å². The molecule has 2 rings (SSSR count). The van der Waals surface area contributed by atoms with Crippen molar-refractivity contribution >= 4 is 5.78 Å². The van der Waals surface area contributed by atoms with Crippen molar-refractivity contribution in [2.75, 3.05) is 13.1 Å². The summed E-state index contributed by atoms with van der Waals surface area (Å²) in [5.74, 6) is -1.62. The Hall–Kier alpha value is -3.35. The number of rotatable bonds is 10. The Morgan fingerprint density at radius 3 is 1.57 bits per heavy atom. The standard InChI is InChI=1S/C19H22N8O/c20-9-13-5-1-3-7-15(13)17(11-24-26-22)19(28)18(12-25-27-23)16-8-4-2-6-14(16)10-21/h1-8,17-18H,9-12,20-21H2. The zero-order valence-electron chi connectivity index (χ0n) is 15.3.